The summed E-state index contributed by atoms with van der Waals surface area (Å²) in [4.78, 5) is 73.6. The molecule has 684 valence electrons. The van der Waals surface area contributed by atoms with Gasteiger partial charge < -0.3 is 33.8 Å². The summed E-state index contributed by atoms with van der Waals surface area (Å²) >= 11 is 0. The Kier molecular flexibility index (Phi) is 88.3. The Hall–Kier alpha value is -1.94. The van der Waals surface area contributed by atoms with Gasteiger partial charge in [-0.2, -0.15) is 0 Å². The molecular weight excluding hydrogens is 1490 g/mol. The number of ether oxygens (including phenoxy) is 4. The molecule has 0 heterocycles. The zero-order chi connectivity index (χ0) is 83.8. The first-order valence-corrected chi connectivity index (χ1v) is 52.8. The van der Waals surface area contributed by atoms with E-state index in [0.717, 1.165) is 89.9 Å². The van der Waals surface area contributed by atoms with Crippen LogP contribution >= 0.6 is 15.6 Å². The zero-order valence-corrected chi connectivity index (χ0v) is 77.6. The van der Waals surface area contributed by atoms with Crippen LogP contribution in [0.2, 0.25) is 0 Å². The number of aliphatic hydroxyl groups is 1. The van der Waals surface area contributed by atoms with E-state index in [1.165, 1.54) is 366 Å². The third kappa shape index (κ3) is 89.6. The average Bonchev–Trinajstić information content (AvgIpc) is 0.898. The molecule has 5 atom stereocenters. The number of esters is 4. The number of carbonyl (C=O) groups is 4. The van der Waals surface area contributed by atoms with Crippen LogP contribution < -0.4 is 0 Å². The van der Waals surface area contributed by atoms with Crippen LogP contribution in [0.5, 0.6) is 0 Å². The third-order valence-corrected chi connectivity index (χ3v) is 24.8. The molecule has 0 amide bonds. The van der Waals surface area contributed by atoms with Crippen molar-refractivity contribution >= 4 is 39.5 Å². The first-order valence-electron chi connectivity index (χ1n) is 49.8. The fraction of sp³-hybridized carbons (Fsp3) is 0.958. The van der Waals surface area contributed by atoms with E-state index in [4.69, 9.17) is 37.0 Å². The molecule has 0 aromatic carbocycles. The lowest BCUT2D eigenvalue weighted by atomic mass is 10.0. The molecule has 0 aromatic rings. The van der Waals surface area contributed by atoms with Crippen LogP contribution in [0.1, 0.15) is 535 Å². The van der Waals surface area contributed by atoms with Gasteiger partial charge in [0.05, 0.1) is 26.4 Å². The predicted octanol–water partition coefficient (Wildman–Crippen LogP) is 30.4. The number of hydrogen-bond acceptors (Lipinski definition) is 15. The van der Waals surface area contributed by atoms with Gasteiger partial charge in [-0.1, -0.05) is 484 Å². The third-order valence-electron chi connectivity index (χ3n) is 22.9. The number of aliphatic hydroxyl groups excluding tert-OH is 1. The van der Waals surface area contributed by atoms with E-state index in [1.54, 1.807) is 0 Å². The first-order chi connectivity index (χ1) is 56.2. The van der Waals surface area contributed by atoms with Gasteiger partial charge in [0.25, 0.3) is 0 Å². The molecule has 0 rings (SSSR count). The summed E-state index contributed by atoms with van der Waals surface area (Å²) in [5, 5.41) is 10.7. The molecule has 2 unspecified atom stereocenters. The maximum atomic E-state index is 13.2. The highest BCUT2D eigenvalue weighted by molar-refractivity contribution is 7.47. The average molecular weight is 1680 g/mol. The van der Waals surface area contributed by atoms with E-state index >= 15 is 0 Å². The molecule has 3 N–H and O–H groups in total. The molecule has 115 heavy (non-hydrogen) atoms. The van der Waals surface area contributed by atoms with E-state index in [2.05, 4.69) is 27.7 Å². The number of rotatable bonds is 97. The van der Waals surface area contributed by atoms with Crippen LogP contribution in [-0.2, 0) is 65.4 Å². The van der Waals surface area contributed by atoms with Crippen LogP contribution in [0.3, 0.4) is 0 Å². The quantitative estimate of drug-likeness (QED) is 0.0222. The minimum atomic E-state index is -4.97. The molecule has 0 radical (unpaired) electrons. The Labute approximate surface area is 708 Å². The van der Waals surface area contributed by atoms with Crippen LogP contribution in [0.15, 0.2) is 0 Å². The standard InChI is InChI=1S/C96H188O17P2/c1-5-9-13-17-21-25-29-33-36-39-42-44-46-49-51-54-57-61-65-69-73-77-81-94(99)107-87-92(113-96(101)83-79-75-71-67-63-59-56-53-50-47-45-43-40-37-34-30-26-22-18-14-10-6-2)89-111-115(104,105)109-85-90(97)84-108-114(102,103)110-88-91(86-106-93(98)80-76-72-68-64-60-32-28-24-20-16-12-8-4)112-95(100)82-78-74-70-66-62-58-55-52-48-41-38-35-31-27-23-19-15-11-7-3/h90-92,97H,5-89H2,1-4H3,(H,102,103)(H,104,105)/t90-,91+,92+/m0/s1. The highest BCUT2D eigenvalue weighted by Crippen LogP contribution is 2.45. The Morgan fingerprint density at radius 3 is 0.513 bits per heavy atom. The van der Waals surface area contributed by atoms with Crippen molar-refractivity contribution in [2.45, 2.75) is 553 Å². The lowest BCUT2D eigenvalue weighted by molar-refractivity contribution is -0.161. The topological polar surface area (TPSA) is 237 Å². The molecule has 17 nitrogen and oxygen atoms in total. The lowest BCUT2D eigenvalue weighted by Crippen LogP contribution is -2.30. The van der Waals surface area contributed by atoms with E-state index in [0.29, 0.717) is 25.7 Å². The molecule has 0 aromatic heterocycles. The molecule has 19 heteroatoms. The van der Waals surface area contributed by atoms with E-state index in [-0.39, 0.29) is 25.7 Å². The molecule has 0 aliphatic rings. The van der Waals surface area contributed by atoms with Gasteiger partial charge in [-0.3, -0.25) is 37.3 Å². The van der Waals surface area contributed by atoms with Crippen molar-refractivity contribution in [1.82, 2.24) is 0 Å². The molecule has 0 aliphatic heterocycles. The SMILES string of the molecule is CCCCCCCCCCCCCCCCCCCCCCCCC(=O)OC[C@H](COP(=O)(O)OC[C@@H](O)COP(=O)(O)OC[C@@H](COC(=O)CCCCCCCCCCCCCC)OC(=O)CCCCCCCCCCCCCCCCCCCCC)OC(=O)CCCCCCCCCCCCCCCCCCCCCCCC. The Morgan fingerprint density at radius 2 is 0.348 bits per heavy atom. The van der Waals surface area contributed by atoms with E-state index in [1.807, 2.05) is 0 Å². The Bertz CT molecular complexity index is 2160. The Morgan fingerprint density at radius 1 is 0.209 bits per heavy atom. The summed E-state index contributed by atoms with van der Waals surface area (Å²) in [6, 6.07) is 0. The number of carbonyl (C=O) groups excluding carboxylic acids is 4. The number of hydrogen-bond donors (Lipinski definition) is 3. The predicted molar refractivity (Wildman–Crippen MR) is 479 cm³/mol. The summed E-state index contributed by atoms with van der Waals surface area (Å²) < 4.78 is 69.2. The molecule has 0 fully saturated rings. The number of unbranched alkanes of at least 4 members (excludes halogenated alkanes) is 71. The summed E-state index contributed by atoms with van der Waals surface area (Å²) in [5.41, 5.74) is 0. The van der Waals surface area contributed by atoms with Crippen molar-refractivity contribution in [2.75, 3.05) is 39.6 Å². The largest absolute Gasteiger partial charge is 0.472 e. The fourth-order valence-corrected chi connectivity index (χ4v) is 16.9. The molecule has 0 bridgehead atoms. The van der Waals surface area contributed by atoms with Crippen LogP contribution in [-0.4, -0.2) is 96.7 Å². The summed E-state index contributed by atoms with van der Waals surface area (Å²) in [5.74, 6) is -2.09. The molecule has 0 saturated heterocycles. The fourth-order valence-electron chi connectivity index (χ4n) is 15.3. The maximum absolute atomic E-state index is 13.2. The van der Waals surface area contributed by atoms with Crippen molar-refractivity contribution in [3.05, 3.63) is 0 Å². The molecule has 0 aliphatic carbocycles. The summed E-state index contributed by atoms with van der Waals surface area (Å²) in [6.45, 7) is 5.11. The van der Waals surface area contributed by atoms with Crippen LogP contribution in [0, 0.1) is 0 Å². The van der Waals surface area contributed by atoms with Gasteiger partial charge in [0.2, 0.25) is 0 Å². The second-order valence-electron chi connectivity index (χ2n) is 34.5. The van der Waals surface area contributed by atoms with Crippen molar-refractivity contribution < 1.29 is 80.2 Å². The highest BCUT2D eigenvalue weighted by Gasteiger charge is 2.31. The van der Waals surface area contributed by atoms with E-state index < -0.39 is 97.5 Å². The lowest BCUT2D eigenvalue weighted by Gasteiger charge is -2.21. The van der Waals surface area contributed by atoms with Gasteiger partial charge in [-0.05, 0) is 25.7 Å². The van der Waals surface area contributed by atoms with Crippen molar-refractivity contribution in [3.8, 4) is 0 Å². The normalized spacial score (nSPS) is 13.6. The van der Waals surface area contributed by atoms with Gasteiger partial charge in [-0.15, -0.1) is 0 Å². The van der Waals surface area contributed by atoms with Crippen molar-refractivity contribution in [1.29, 1.82) is 0 Å². The van der Waals surface area contributed by atoms with Gasteiger partial charge in [0.1, 0.15) is 19.3 Å². The van der Waals surface area contributed by atoms with Gasteiger partial charge >= 0.3 is 39.5 Å². The second-order valence-corrected chi connectivity index (χ2v) is 37.4. The van der Waals surface area contributed by atoms with Crippen molar-refractivity contribution in [3.63, 3.8) is 0 Å². The first kappa shape index (κ1) is 113. The molecule has 0 saturated carbocycles. The highest BCUT2D eigenvalue weighted by atomic mass is 31.2. The molecular formula is C96H188O17P2. The smallest absolute Gasteiger partial charge is 0.462 e. The van der Waals surface area contributed by atoms with E-state index in [9.17, 15) is 43.2 Å². The second kappa shape index (κ2) is 89.8. The molecule has 0 spiro atoms. The maximum Gasteiger partial charge on any atom is 0.472 e. The summed E-state index contributed by atoms with van der Waals surface area (Å²) in [6.07, 6.45) is 89.2. The minimum absolute atomic E-state index is 0.110. The number of phosphoric acid groups is 2. The van der Waals surface area contributed by atoms with Gasteiger partial charge in [0, 0.05) is 25.7 Å². The van der Waals surface area contributed by atoms with Gasteiger partial charge in [0.15, 0.2) is 12.2 Å². The summed E-state index contributed by atoms with van der Waals surface area (Å²) in [7, 11) is -9.94. The van der Waals surface area contributed by atoms with Crippen LogP contribution in [0.4, 0.5) is 0 Å². The zero-order valence-electron chi connectivity index (χ0n) is 75.8. The van der Waals surface area contributed by atoms with Crippen LogP contribution in [0.25, 0.3) is 0 Å². The van der Waals surface area contributed by atoms with Gasteiger partial charge in [-0.25, -0.2) is 9.13 Å². The minimum Gasteiger partial charge on any atom is -0.462 e. The number of phosphoric ester groups is 2. The van der Waals surface area contributed by atoms with Crippen molar-refractivity contribution in [2.24, 2.45) is 0 Å². The monoisotopic (exact) mass is 1680 g/mol. The Balaban J connectivity index is 5.23.